The maximum Gasteiger partial charge on any atom is 0.406 e. The Morgan fingerprint density at radius 2 is 1.92 bits per heavy atom. The van der Waals surface area contributed by atoms with Crippen molar-refractivity contribution in [1.29, 1.82) is 0 Å². The lowest BCUT2D eigenvalue weighted by atomic mass is 10.0. The molecule has 1 N–H and O–H groups in total. The fourth-order valence-corrected chi connectivity index (χ4v) is 6.19. The summed E-state index contributed by atoms with van der Waals surface area (Å²) in [7, 11) is 1.31. The minimum Gasteiger partial charge on any atom is -0.369 e. The maximum atomic E-state index is 13.1. The molecule has 2 aromatic heterocycles. The first-order chi connectivity index (χ1) is 17.4. The topological polar surface area (TPSA) is 89.5 Å². The van der Waals surface area contributed by atoms with E-state index >= 15 is 0 Å². The van der Waals surface area contributed by atoms with Gasteiger partial charge in [-0.2, -0.15) is 18.2 Å². The van der Waals surface area contributed by atoms with Crippen LogP contribution in [0.3, 0.4) is 0 Å². The molecular formula is C25H28F3N5O3S. The van der Waals surface area contributed by atoms with E-state index in [-0.39, 0.29) is 30.0 Å². The van der Waals surface area contributed by atoms with Crippen LogP contribution in [0.4, 0.5) is 24.9 Å². The van der Waals surface area contributed by atoms with Crippen LogP contribution in [0.1, 0.15) is 26.0 Å². The Kier molecular flexibility index (Phi) is 6.61. The summed E-state index contributed by atoms with van der Waals surface area (Å²) in [4.78, 5) is 26.3. The molecule has 1 aliphatic heterocycles. The van der Waals surface area contributed by atoms with Crippen molar-refractivity contribution in [2.45, 2.75) is 51.4 Å². The van der Waals surface area contributed by atoms with Crippen LogP contribution in [0.2, 0.25) is 0 Å². The lowest BCUT2D eigenvalue weighted by Crippen LogP contribution is -2.33. The Labute approximate surface area is 216 Å². The van der Waals surface area contributed by atoms with Crippen molar-refractivity contribution in [3.05, 3.63) is 30.0 Å². The summed E-state index contributed by atoms with van der Waals surface area (Å²) < 4.78 is 52.3. The molecule has 2 aliphatic rings. The van der Waals surface area contributed by atoms with Crippen molar-refractivity contribution < 1.29 is 27.4 Å². The van der Waals surface area contributed by atoms with Gasteiger partial charge < -0.3 is 24.5 Å². The molecule has 0 bridgehead atoms. The van der Waals surface area contributed by atoms with Crippen LogP contribution in [0, 0.1) is 18.8 Å². The molecule has 0 spiro atoms. The molecular weight excluding hydrogens is 507 g/mol. The zero-order chi connectivity index (χ0) is 26.5. The Balaban J connectivity index is 1.49. The molecule has 1 saturated carbocycles. The number of nitrogens with zero attached hydrogens (tertiary/aromatic N) is 4. The van der Waals surface area contributed by atoms with E-state index in [1.54, 1.807) is 6.92 Å². The van der Waals surface area contributed by atoms with Gasteiger partial charge >= 0.3 is 6.18 Å². The number of aryl methyl sites for hydroxylation is 1. The van der Waals surface area contributed by atoms with E-state index in [1.165, 1.54) is 18.4 Å². The van der Waals surface area contributed by atoms with Crippen molar-refractivity contribution in [1.82, 2.24) is 15.0 Å². The monoisotopic (exact) mass is 535 g/mol. The minimum atomic E-state index is -4.40. The van der Waals surface area contributed by atoms with Gasteiger partial charge in [-0.05, 0) is 39.3 Å². The van der Waals surface area contributed by atoms with Crippen LogP contribution in [0.25, 0.3) is 20.8 Å². The average Bonchev–Trinajstić information content (AvgIpc) is 3.46. The van der Waals surface area contributed by atoms with Gasteiger partial charge in [-0.15, -0.1) is 11.3 Å². The molecule has 3 heterocycles. The summed E-state index contributed by atoms with van der Waals surface area (Å²) >= 11 is 1.46. The predicted octanol–water partition coefficient (Wildman–Crippen LogP) is 4.83. The Hall–Kier alpha value is -2.83. The molecule has 1 saturated heterocycles. The van der Waals surface area contributed by atoms with E-state index in [0.29, 0.717) is 35.0 Å². The number of hydrogen-bond donors (Lipinski definition) is 1. The molecule has 1 aliphatic carbocycles. The SMILES string of the molecule is Cc1nc(N(C)CC(F)(F)F)nc(NC[C@@H]2C[C@H](C=O)[C@H]3OC(C)(C)O[C@@H]23)c1-c1nc2ccccc2s1. The number of aldehydes is 1. The first kappa shape index (κ1) is 25.8. The molecule has 198 valence electrons. The number of anilines is 2. The highest BCUT2D eigenvalue weighted by Crippen LogP contribution is 2.44. The van der Waals surface area contributed by atoms with Crippen molar-refractivity contribution >= 4 is 39.6 Å². The number of hydrogen-bond acceptors (Lipinski definition) is 9. The fourth-order valence-electron chi connectivity index (χ4n) is 5.12. The van der Waals surface area contributed by atoms with Crippen LogP contribution in [-0.2, 0) is 14.3 Å². The minimum absolute atomic E-state index is 0.0427. The van der Waals surface area contributed by atoms with E-state index in [1.807, 2.05) is 38.1 Å². The van der Waals surface area contributed by atoms with Gasteiger partial charge in [-0.3, -0.25) is 0 Å². The fraction of sp³-hybridized carbons (Fsp3) is 0.520. The number of nitrogens with one attached hydrogen (secondary N) is 1. The summed E-state index contributed by atoms with van der Waals surface area (Å²) in [6, 6.07) is 7.69. The van der Waals surface area contributed by atoms with Crippen LogP contribution < -0.4 is 10.2 Å². The van der Waals surface area contributed by atoms with E-state index < -0.39 is 18.5 Å². The molecule has 0 radical (unpaired) electrons. The Morgan fingerprint density at radius 3 is 2.62 bits per heavy atom. The molecule has 0 unspecified atom stereocenters. The van der Waals surface area contributed by atoms with Crippen molar-refractivity contribution in [2.24, 2.45) is 11.8 Å². The highest BCUT2D eigenvalue weighted by atomic mass is 32.1. The summed E-state index contributed by atoms with van der Waals surface area (Å²) in [5.74, 6) is -0.793. The number of carbonyl (C=O) groups excluding carboxylic acids is 1. The third-order valence-electron chi connectivity index (χ3n) is 6.68. The number of benzene rings is 1. The largest absolute Gasteiger partial charge is 0.406 e. The first-order valence-corrected chi connectivity index (χ1v) is 12.8. The molecule has 0 amide bonds. The number of fused-ring (bicyclic) bond motifs is 2. The molecule has 5 rings (SSSR count). The van der Waals surface area contributed by atoms with Gasteiger partial charge in [-0.25, -0.2) is 9.97 Å². The number of rotatable bonds is 7. The average molecular weight is 536 g/mol. The van der Waals surface area contributed by atoms with Crippen molar-refractivity contribution in [3.8, 4) is 10.6 Å². The van der Waals surface area contributed by atoms with E-state index in [9.17, 15) is 18.0 Å². The smallest absolute Gasteiger partial charge is 0.369 e. The highest BCUT2D eigenvalue weighted by molar-refractivity contribution is 7.21. The predicted molar refractivity (Wildman–Crippen MR) is 135 cm³/mol. The highest BCUT2D eigenvalue weighted by Gasteiger charge is 2.53. The second-order valence-corrected chi connectivity index (χ2v) is 11.1. The van der Waals surface area contributed by atoms with Crippen molar-refractivity contribution in [3.63, 3.8) is 0 Å². The van der Waals surface area contributed by atoms with Crippen LogP contribution >= 0.6 is 11.3 Å². The maximum absolute atomic E-state index is 13.1. The van der Waals surface area contributed by atoms with E-state index in [2.05, 4.69) is 15.3 Å². The molecule has 2 fully saturated rings. The lowest BCUT2D eigenvalue weighted by Gasteiger charge is -2.24. The molecule has 37 heavy (non-hydrogen) atoms. The number of ether oxygens (including phenoxy) is 2. The standard InChI is InChI=1S/C25H28F3N5O3S/c1-13-18(22-31-16-7-5-6-8-17(16)37-22)21(32-23(30-13)33(4)12-25(26,27)28)29-10-14-9-15(11-34)20-19(14)35-24(2,3)36-20/h5-8,11,14-15,19-20H,9-10,12H2,1-4H3,(H,29,30,32)/t14-,15+,19-,20+/m0/s1. The normalized spacial score (nSPS) is 24.8. The van der Waals surface area contributed by atoms with Gasteiger partial charge in [0.1, 0.15) is 23.7 Å². The second kappa shape index (κ2) is 9.48. The van der Waals surface area contributed by atoms with Crippen LogP contribution in [-0.4, -0.2) is 65.5 Å². The molecule has 12 heteroatoms. The summed E-state index contributed by atoms with van der Waals surface area (Å²) in [5, 5.41) is 4.01. The van der Waals surface area contributed by atoms with Gasteiger partial charge in [0.05, 0.1) is 33.7 Å². The van der Waals surface area contributed by atoms with Gasteiger partial charge in [0.15, 0.2) is 5.79 Å². The third-order valence-corrected chi connectivity index (χ3v) is 7.73. The Morgan fingerprint density at radius 1 is 1.19 bits per heavy atom. The van der Waals surface area contributed by atoms with Gasteiger partial charge in [-0.1, -0.05) is 12.1 Å². The zero-order valence-electron chi connectivity index (χ0n) is 20.9. The number of para-hydroxylation sites is 1. The van der Waals surface area contributed by atoms with Gasteiger partial charge in [0, 0.05) is 25.4 Å². The lowest BCUT2D eigenvalue weighted by molar-refractivity contribution is -0.161. The third kappa shape index (κ3) is 5.27. The van der Waals surface area contributed by atoms with Crippen LogP contribution in [0.5, 0.6) is 0 Å². The number of alkyl halides is 3. The van der Waals surface area contributed by atoms with Crippen molar-refractivity contribution in [2.75, 3.05) is 30.4 Å². The summed E-state index contributed by atoms with van der Waals surface area (Å²) in [6.45, 7) is 4.59. The molecule has 8 nitrogen and oxygen atoms in total. The Bertz CT molecular complexity index is 1280. The zero-order valence-corrected chi connectivity index (χ0v) is 21.7. The number of thiazole rings is 1. The number of carbonyl (C=O) groups is 1. The quantitative estimate of drug-likeness (QED) is 0.431. The summed E-state index contributed by atoms with van der Waals surface area (Å²) in [6.07, 6.45) is -3.53. The first-order valence-electron chi connectivity index (χ1n) is 12.0. The van der Waals surface area contributed by atoms with Crippen LogP contribution in [0.15, 0.2) is 24.3 Å². The number of halogens is 3. The number of aromatic nitrogens is 3. The van der Waals surface area contributed by atoms with E-state index in [4.69, 9.17) is 14.5 Å². The summed E-state index contributed by atoms with van der Waals surface area (Å²) in [5.41, 5.74) is 1.96. The molecule has 1 aromatic carbocycles. The van der Waals surface area contributed by atoms with Gasteiger partial charge in [0.2, 0.25) is 5.95 Å². The second-order valence-electron chi connectivity index (χ2n) is 10.0. The van der Waals surface area contributed by atoms with Gasteiger partial charge in [0.25, 0.3) is 0 Å². The molecule has 3 aromatic rings. The molecule has 4 atom stereocenters. The van der Waals surface area contributed by atoms with E-state index in [0.717, 1.165) is 21.4 Å².